The summed E-state index contributed by atoms with van der Waals surface area (Å²) in [5.74, 6) is 0.831. The molecule has 8 heteroatoms. The van der Waals surface area contributed by atoms with E-state index in [-0.39, 0.29) is 11.3 Å². The molecule has 0 spiro atoms. The molecule has 2 rings (SSSR count). The molecule has 124 valence electrons. The minimum absolute atomic E-state index is 0.0441. The first-order valence-electron chi connectivity index (χ1n) is 7.31. The fourth-order valence-corrected chi connectivity index (χ4v) is 2.41. The maximum Gasteiger partial charge on any atom is 0.270 e. The highest BCUT2D eigenvalue weighted by Gasteiger charge is 2.18. The summed E-state index contributed by atoms with van der Waals surface area (Å²) in [7, 11) is 0. The van der Waals surface area contributed by atoms with Gasteiger partial charge in [-0.3, -0.25) is 10.1 Å². The SMILES string of the molecule is CSc1nc(NCC(C)C)c(C#N)c(-c2cccc([N+](=O)[O-])c2)n1. The predicted octanol–water partition coefficient (Wildman–Crippen LogP) is 3.71. The molecular weight excluding hydrogens is 326 g/mol. The predicted molar refractivity (Wildman–Crippen MR) is 93.9 cm³/mol. The van der Waals surface area contributed by atoms with Gasteiger partial charge in [0.2, 0.25) is 0 Å². The van der Waals surface area contributed by atoms with Crippen LogP contribution in [0, 0.1) is 27.4 Å². The van der Waals surface area contributed by atoms with Crippen molar-refractivity contribution in [3.63, 3.8) is 0 Å². The highest BCUT2D eigenvalue weighted by Crippen LogP contribution is 2.30. The zero-order valence-electron chi connectivity index (χ0n) is 13.6. The van der Waals surface area contributed by atoms with Gasteiger partial charge in [-0.2, -0.15) is 5.26 Å². The molecule has 0 amide bonds. The number of nitro benzene ring substituents is 1. The van der Waals surface area contributed by atoms with E-state index in [0.717, 1.165) is 0 Å². The van der Waals surface area contributed by atoms with Crippen molar-refractivity contribution in [2.45, 2.75) is 19.0 Å². The lowest BCUT2D eigenvalue weighted by Gasteiger charge is -2.13. The molecular formula is C16H17N5O2S. The standard InChI is InChI=1S/C16H17N5O2S/c1-10(2)9-18-15-13(8-17)14(19-16(20-15)24-3)11-5-4-6-12(7-11)21(22)23/h4-7,10H,9H2,1-3H3,(H,18,19,20). The molecule has 0 atom stereocenters. The Morgan fingerprint density at radius 1 is 1.42 bits per heavy atom. The second-order valence-corrected chi connectivity index (χ2v) is 6.25. The number of nitrogens with one attached hydrogen (secondary N) is 1. The number of benzene rings is 1. The average molecular weight is 343 g/mol. The van der Waals surface area contributed by atoms with E-state index in [0.29, 0.717) is 34.7 Å². The van der Waals surface area contributed by atoms with Gasteiger partial charge < -0.3 is 5.32 Å². The molecule has 24 heavy (non-hydrogen) atoms. The van der Waals surface area contributed by atoms with Crippen molar-refractivity contribution >= 4 is 23.3 Å². The highest BCUT2D eigenvalue weighted by molar-refractivity contribution is 7.98. The lowest BCUT2D eigenvalue weighted by molar-refractivity contribution is -0.384. The second kappa shape index (κ2) is 7.75. The summed E-state index contributed by atoms with van der Waals surface area (Å²) in [6.45, 7) is 4.77. The van der Waals surface area contributed by atoms with Crippen molar-refractivity contribution < 1.29 is 4.92 Å². The van der Waals surface area contributed by atoms with E-state index in [1.165, 1.54) is 23.9 Å². The van der Waals surface area contributed by atoms with Crippen LogP contribution in [-0.2, 0) is 0 Å². The van der Waals surface area contributed by atoms with Crippen molar-refractivity contribution in [3.8, 4) is 17.3 Å². The average Bonchev–Trinajstić information content (AvgIpc) is 2.58. The molecule has 2 aromatic rings. The number of anilines is 1. The Balaban J connectivity index is 2.60. The largest absolute Gasteiger partial charge is 0.369 e. The van der Waals surface area contributed by atoms with Crippen molar-refractivity contribution in [1.29, 1.82) is 5.26 Å². The van der Waals surface area contributed by atoms with Crippen LogP contribution in [0.1, 0.15) is 19.4 Å². The maximum atomic E-state index is 11.0. The summed E-state index contributed by atoms with van der Waals surface area (Å²) in [5.41, 5.74) is 1.16. The number of rotatable bonds is 6. The molecule has 0 bridgehead atoms. The molecule has 0 saturated carbocycles. The van der Waals surface area contributed by atoms with Gasteiger partial charge in [-0.05, 0) is 12.2 Å². The topological polar surface area (TPSA) is 105 Å². The van der Waals surface area contributed by atoms with Gasteiger partial charge in [0.25, 0.3) is 5.69 Å². The molecule has 0 radical (unpaired) electrons. The van der Waals surface area contributed by atoms with E-state index >= 15 is 0 Å². The Bertz CT molecular complexity index is 802. The molecule has 1 aromatic carbocycles. The number of hydrogen-bond donors (Lipinski definition) is 1. The minimum atomic E-state index is -0.468. The summed E-state index contributed by atoms with van der Waals surface area (Å²) < 4.78 is 0. The van der Waals surface area contributed by atoms with E-state index in [2.05, 4.69) is 35.2 Å². The minimum Gasteiger partial charge on any atom is -0.369 e. The van der Waals surface area contributed by atoms with E-state index < -0.39 is 4.92 Å². The normalized spacial score (nSPS) is 10.5. The number of nitrogens with zero attached hydrogens (tertiary/aromatic N) is 4. The first-order chi connectivity index (χ1) is 11.5. The van der Waals surface area contributed by atoms with Crippen LogP contribution in [0.3, 0.4) is 0 Å². The summed E-state index contributed by atoms with van der Waals surface area (Å²) in [6.07, 6.45) is 1.84. The first-order valence-corrected chi connectivity index (χ1v) is 8.53. The van der Waals surface area contributed by atoms with Gasteiger partial charge in [0.1, 0.15) is 17.5 Å². The lowest BCUT2D eigenvalue weighted by atomic mass is 10.1. The molecule has 1 aromatic heterocycles. The molecule has 1 heterocycles. The summed E-state index contributed by atoms with van der Waals surface area (Å²) in [6, 6.07) is 8.22. The van der Waals surface area contributed by atoms with Gasteiger partial charge in [-0.1, -0.05) is 37.7 Å². The third-order valence-electron chi connectivity index (χ3n) is 3.19. The van der Waals surface area contributed by atoms with Crippen molar-refractivity contribution in [3.05, 3.63) is 39.9 Å². The number of aromatic nitrogens is 2. The highest BCUT2D eigenvalue weighted by atomic mass is 32.2. The number of hydrogen-bond acceptors (Lipinski definition) is 7. The Labute approximate surface area is 144 Å². The number of nitro groups is 1. The Hall–Kier alpha value is -2.66. The van der Waals surface area contributed by atoms with Crippen molar-refractivity contribution in [2.24, 2.45) is 5.92 Å². The molecule has 0 unspecified atom stereocenters. The number of thioether (sulfide) groups is 1. The summed E-state index contributed by atoms with van der Waals surface area (Å²) in [5, 5.41) is 24.2. The van der Waals surface area contributed by atoms with Gasteiger partial charge in [0, 0.05) is 24.2 Å². The Morgan fingerprint density at radius 3 is 2.75 bits per heavy atom. The van der Waals surface area contributed by atoms with Gasteiger partial charge >= 0.3 is 0 Å². The van der Waals surface area contributed by atoms with Crippen LogP contribution in [0.5, 0.6) is 0 Å². The van der Waals surface area contributed by atoms with E-state index in [4.69, 9.17) is 0 Å². The zero-order valence-corrected chi connectivity index (χ0v) is 14.4. The summed E-state index contributed by atoms with van der Waals surface area (Å²) in [4.78, 5) is 19.3. The fraction of sp³-hybridized carbons (Fsp3) is 0.312. The van der Waals surface area contributed by atoms with Crippen LogP contribution in [0.25, 0.3) is 11.3 Å². The van der Waals surface area contributed by atoms with Gasteiger partial charge in [0.05, 0.1) is 10.6 Å². The lowest BCUT2D eigenvalue weighted by Crippen LogP contribution is -2.12. The van der Waals surface area contributed by atoms with E-state index in [1.807, 2.05) is 6.26 Å². The molecule has 0 fully saturated rings. The molecule has 0 aliphatic rings. The summed E-state index contributed by atoms with van der Waals surface area (Å²) >= 11 is 1.35. The van der Waals surface area contributed by atoms with Crippen LogP contribution in [0.2, 0.25) is 0 Å². The molecule has 0 aliphatic carbocycles. The fourth-order valence-electron chi connectivity index (χ4n) is 2.04. The number of nitriles is 1. The van der Waals surface area contributed by atoms with Crippen LogP contribution in [0.4, 0.5) is 11.5 Å². The van der Waals surface area contributed by atoms with Gasteiger partial charge in [-0.15, -0.1) is 0 Å². The molecule has 7 nitrogen and oxygen atoms in total. The van der Waals surface area contributed by atoms with Gasteiger partial charge in [0.15, 0.2) is 5.16 Å². The number of non-ortho nitro benzene ring substituents is 1. The quantitative estimate of drug-likeness (QED) is 0.369. The van der Waals surface area contributed by atoms with Gasteiger partial charge in [-0.25, -0.2) is 9.97 Å². The second-order valence-electron chi connectivity index (χ2n) is 5.48. The van der Waals surface area contributed by atoms with Crippen LogP contribution in [0.15, 0.2) is 29.4 Å². The molecule has 0 aliphatic heterocycles. The van der Waals surface area contributed by atoms with Crippen LogP contribution >= 0.6 is 11.8 Å². The van der Waals surface area contributed by atoms with Crippen LogP contribution in [-0.4, -0.2) is 27.7 Å². The maximum absolute atomic E-state index is 11.0. The molecule has 1 N–H and O–H groups in total. The van der Waals surface area contributed by atoms with Crippen molar-refractivity contribution in [2.75, 3.05) is 18.1 Å². The van der Waals surface area contributed by atoms with Crippen LogP contribution < -0.4 is 5.32 Å². The third kappa shape index (κ3) is 4.00. The zero-order chi connectivity index (χ0) is 17.7. The first kappa shape index (κ1) is 17.7. The van der Waals surface area contributed by atoms with E-state index in [9.17, 15) is 15.4 Å². The Morgan fingerprint density at radius 2 is 2.17 bits per heavy atom. The van der Waals surface area contributed by atoms with Crippen molar-refractivity contribution in [1.82, 2.24) is 9.97 Å². The smallest absolute Gasteiger partial charge is 0.270 e. The third-order valence-corrected chi connectivity index (χ3v) is 3.74. The monoisotopic (exact) mass is 343 g/mol. The Kier molecular flexibility index (Phi) is 5.71. The van der Waals surface area contributed by atoms with E-state index in [1.54, 1.807) is 12.1 Å². The molecule has 0 saturated heterocycles.